The second-order valence-electron chi connectivity index (χ2n) is 9.29. The van der Waals surface area contributed by atoms with Gasteiger partial charge in [-0.1, -0.05) is 38.0 Å². The molecular formula is C26H30N2O3. The van der Waals surface area contributed by atoms with Gasteiger partial charge in [0, 0.05) is 30.4 Å². The summed E-state index contributed by atoms with van der Waals surface area (Å²) in [5.74, 6) is 3.50. The third-order valence-corrected chi connectivity index (χ3v) is 7.36. The molecule has 4 aliphatic rings. The molecule has 162 valence electrons. The summed E-state index contributed by atoms with van der Waals surface area (Å²) < 4.78 is 18.3. The van der Waals surface area contributed by atoms with Gasteiger partial charge in [0.15, 0.2) is 17.2 Å². The summed E-state index contributed by atoms with van der Waals surface area (Å²) in [4.78, 5) is 0. The van der Waals surface area contributed by atoms with Crippen LogP contribution in [0.25, 0.3) is 0 Å². The monoisotopic (exact) mass is 418 g/mol. The van der Waals surface area contributed by atoms with Gasteiger partial charge < -0.3 is 14.2 Å². The fourth-order valence-electron chi connectivity index (χ4n) is 5.78. The van der Waals surface area contributed by atoms with Crippen molar-refractivity contribution in [1.82, 2.24) is 5.01 Å². The van der Waals surface area contributed by atoms with Crippen LogP contribution in [-0.2, 0) is 0 Å². The molecule has 0 saturated heterocycles. The Balaban J connectivity index is 1.36. The van der Waals surface area contributed by atoms with E-state index in [0.29, 0.717) is 13.2 Å². The van der Waals surface area contributed by atoms with Crippen LogP contribution in [0, 0.1) is 5.92 Å². The second kappa shape index (κ2) is 7.47. The average molecular weight is 419 g/mol. The third-order valence-electron chi connectivity index (χ3n) is 7.36. The van der Waals surface area contributed by atoms with Crippen molar-refractivity contribution in [3.63, 3.8) is 0 Å². The van der Waals surface area contributed by atoms with Crippen LogP contribution in [0.2, 0.25) is 0 Å². The highest BCUT2D eigenvalue weighted by Crippen LogP contribution is 2.52. The Labute approximate surface area is 184 Å². The van der Waals surface area contributed by atoms with Crippen molar-refractivity contribution in [3.05, 3.63) is 53.6 Å². The molecule has 2 aromatic rings. The first-order valence-corrected chi connectivity index (χ1v) is 11.8. The molecule has 0 radical (unpaired) electrons. The van der Waals surface area contributed by atoms with Gasteiger partial charge in [-0.05, 0) is 43.0 Å². The van der Waals surface area contributed by atoms with Gasteiger partial charge in [0.05, 0.1) is 11.8 Å². The van der Waals surface area contributed by atoms with E-state index in [1.807, 2.05) is 6.07 Å². The van der Waals surface area contributed by atoms with Gasteiger partial charge in [-0.15, -0.1) is 0 Å². The summed E-state index contributed by atoms with van der Waals surface area (Å²) in [6.07, 6.45) is 7.99. The normalized spacial score (nSPS) is 28.5. The van der Waals surface area contributed by atoms with Gasteiger partial charge in [0.25, 0.3) is 0 Å². The fraction of sp³-hybridized carbons (Fsp3) is 0.500. The molecule has 5 nitrogen and oxygen atoms in total. The molecule has 0 N–H and O–H groups in total. The molecule has 3 heterocycles. The predicted octanol–water partition coefficient (Wildman–Crippen LogP) is 5.69. The van der Waals surface area contributed by atoms with Crippen molar-refractivity contribution in [2.75, 3.05) is 13.2 Å². The van der Waals surface area contributed by atoms with E-state index >= 15 is 0 Å². The number of nitrogens with zero attached hydrogens (tertiary/aromatic N) is 2. The molecule has 0 amide bonds. The lowest BCUT2D eigenvalue weighted by Crippen LogP contribution is -2.55. The Bertz CT molecular complexity index is 1010. The summed E-state index contributed by atoms with van der Waals surface area (Å²) >= 11 is 0. The molecule has 0 bridgehead atoms. The van der Waals surface area contributed by atoms with E-state index in [1.54, 1.807) is 0 Å². The van der Waals surface area contributed by atoms with Crippen LogP contribution in [0.1, 0.15) is 69.0 Å². The molecular weight excluding hydrogens is 388 g/mol. The molecule has 31 heavy (non-hydrogen) atoms. The lowest BCUT2D eigenvalue weighted by atomic mass is 9.79. The molecule has 1 saturated carbocycles. The van der Waals surface area contributed by atoms with Crippen molar-refractivity contribution in [2.45, 2.75) is 63.6 Å². The van der Waals surface area contributed by atoms with Crippen LogP contribution in [0.3, 0.4) is 0 Å². The number of hydrogen-bond donors (Lipinski definition) is 0. The SMILES string of the molecule is CCCC1CCC2(CC1)Oc1ccccc1[C@@H]1CC(c3ccc4c(c3)OCCO4)=NN12. The molecule has 0 aromatic heterocycles. The number of ether oxygens (including phenoxy) is 3. The zero-order chi connectivity index (χ0) is 20.8. The molecule has 1 aliphatic carbocycles. The Morgan fingerprint density at radius 1 is 1.00 bits per heavy atom. The molecule has 0 unspecified atom stereocenters. The van der Waals surface area contributed by atoms with Gasteiger partial charge in [-0.2, -0.15) is 5.10 Å². The Hall–Kier alpha value is -2.69. The van der Waals surface area contributed by atoms with Crippen LogP contribution in [0.15, 0.2) is 47.6 Å². The van der Waals surface area contributed by atoms with E-state index < -0.39 is 0 Å². The van der Waals surface area contributed by atoms with E-state index in [0.717, 1.165) is 53.7 Å². The first-order valence-electron chi connectivity index (χ1n) is 11.8. The molecule has 3 aliphatic heterocycles. The van der Waals surface area contributed by atoms with Crippen molar-refractivity contribution in [2.24, 2.45) is 11.0 Å². The third kappa shape index (κ3) is 3.17. The van der Waals surface area contributed by atoms with E-state index in [-0.39, 0.29) is 11.8 Å². The maximum Gasteiger partial charge on any atom is 0.198 e. The van der Waals surface area contributed by atoms with Gasteiger partial charge in [0.1, 0.15) is 19.0 Å². The summed E-state index contributed by atoms with van der Waals surface area (Å²) in [7, 11) is 0. The molecule has 6 rings (SSSR count). The number of hydrogen-bond acceptors (Lipinski definition) is 5. The number of para-hydroxylation sites is 1. The first-order chi connectivity index (χ1) is 15.3. The molecule has 1 spiro atoms. The first kappa shape index (κ1) is 19.0. The number of rotatable bonds is 3. The highest BCUT2D eigenvalue weighted by molar-refractivity contribution is 6.02. The van der Waals surface area contributed by atoms with Gasteiger partial charge in [-0.25, -0.2) is 5.01 Å². The van der Waals surface area contributed by atoms with E-state index in [9.17, 15) is 0 Å². The topological polar surface area (TPSA) is 43.3 Å². The number of fused-ring (bicyclic) bond motifs is 5. The lowest BCUT2D eigenvalue weighted by Gasteiger charge is -2.50. The van der Waals surface area contributed by atoms with Crippen molar-refractivity contribution >= 4 is 5.71 Å². The van der Waals surface area contributed by atoms with E-state index in [2.05, 4.69) is 48.3 Å². The molecule has 5 heteroatoms. The second-order valence-corrected chi connectivity index (χ2v) is 9.29. The zero-order valence-corrected chi connectivity index (χ0v) is 18.2. The fourth-order valence-corrected chi connectivity index (χ4v) is 5.78. The quantitative estimate of drug-likeness (QED) is 0.642. The number of benzene rings is 2. The summed E-state index contributed by atoms with van der Waals surface area (Å²) in [6, 6.07) is 15.0. The lowest BCUT2D eigenvalue weighted by molar-refractivity contribution is -0.146. The Kier molecular flexibility index (Phi) is 4.58. The van der Waals surface area contributed by atoms with Crippen LogP contribution in [0.4, 0.5) is 0 Å². The molecule has 1 atom stereocenters. The van der Waals surface area contributed by atoms with Crippen LogP contribution in [0.5, 0.6) is 17.2 Å². The summed E-state index contributed by atoms with van der Waals surface area (Å²) in [5, 5.41) is 7.51. The van der Waals surface area contributed by atoms with Crippen molar-refractivity contribution < 1.29 is 14.2 Å². The Morgan fingerprint density at radius 2 is 1.81 bits per heavy atom. The average Bonchev–Trinajstić information content (AvgIpc) is 3.28. The van der Waals surface area contributed by atoms with Crippen molar-refractivity contribution in [1.29, 1.82) is 0 Å². The Morgan fingerprint density at radius 3 is 2.65 bits per heavy atom. The smallest absolute Gasteiger partial charge is 0.198 e. The van der Waals surface area contributed by atoms with Gasteiger partial charge in [-0.3, -0.25) is 0 Å². The zero-order valence-electron chi connectivity index (χ0n) is 18.2. The highest BCUT2D eigenvalue weighted by Gasteiger charge is 2.51. The standard InChI is InChI=1S/C26H30N2O3/c1-2-5-18-10-12-26(13-11-18)28-22(20-6-3-4-7-23(20)31-26)17-21(27-28)19-8-9-24-25(16-19)30-15-14-29-24/h3-4,6-9,16,18,22H,2,5,10-15,17H2,1H3/t18?,22-,26?/m0/s1. The van der Waals surface area contributed by atoms with Crippen LogP contribution in [-0.4, -0.2) is 29.7 Å². The minimum atomic E-state index is -0.321. The van der Waals surface area contributed by atoms with Gasteiger partial charge in [0.2, 0.25) is 0 Å². The highest BCUT2D eigenvalue weighted by atomic mass is 16.6. The minimum absolute atomic E-state index is 0.232. The molecule has 1 fully saturated rings. The van der Waals surface area contributed by atoms with E-state index in [1.165, 1.54) is 31.2 Å². The number of hydrazone groups is 1. The predicted molar refractivity (Wildman–Crippen MR) is 120 cm³/mol. The maximum absolute atomic E-state index is 6.75. The summed E-state index contributed by atoms with van der Waals surface area (Å²) in [6.45, 7) is 3.50. The summed E-state index contributed by atoms with van der Waals surface area (Å²) in [5.41, 5.74) is 3.15. The van der Waals surface area contributed by atoms with Crippen molar-refractivity contribution in [3.8, 4) is 17.2 Å². The van der Waals surface area contributed by atoms with Crippen LogP contribution >= 0.6 is 0 Å². The molecule has 2 aromatic carbocycles. The van der Waals surface area contributed by atoms with Crippen LogP contribution < -0.4 is 14.2 Å². The van der Waals surface area contributed by atoms with Gasteiger partial charge >= 0.3 is 0 Å². The maximum atomic E-state index is 6.75. The van der Waals surface area contributed by atoms with E-state index in [4.69, 9.17) is 19.3 Å². The minimum Gasteiger partial charge on any atom is -0.486 e. The largest absolute Gasteiger partial charge is 0.486 e.